The highest BCUT2D eigenvalue weighted by Crippen LogP contribution is 2.32. The van der Waals surface area contributed by atoms with Crippen LogP contribution >= 0.6 is 0 Å². The van der Waals surface area contributed by atoms with Gasteiger partial charge in [-0.2, -0.15) is 9.97 Å². The third-order valence-electron chi connectivity index (χ3n) is 2.94. The van der Waals surface area contributed by atoms with Crippen molar-refractivity contribution in [3.63, 3.8) is 0 Å². The van der Waals surface area contributed by atoms with Crippen LogP contribution in [0.15, 0.2) is 24.3 Å². The van der Waals surface area contributed by atoms with Crippen molar-refractivity contribution < 1.29 is 28.8 Å². The number of ether oxygens (including phenoxy) is 4. The van der Waals surface area contributed by atoms with E-state index in [0.717, 1.165) is 6.42 Å². The van der Waals surface area contributed by atoms with Crippen LogP contribution in [0.2, 0.25) is 0 Å². The summed E-state index contributed by atoms with van der Waals surface area (Å²) in [7, 11) is 2.88. The van der Waals surface area contributed by atoms with Gasteiger partial charge in [-0.05, 0) is 18.6 Å². The maximum Gasteiger partial charge on any atom is 0.343 e. The van der Waals surface area contributed by atoms with Gasteiger partial charge in [0.2, 0.25) is 11.8 Å². The minimum atomic E-state index is -1.17. The fourth-order valence-corrected chi connectivity index (χ4v) is 1.88. The molecular weight excluding hydrogens is 316 g/mol. The van der Waals surface area contributed by atoms with Crippen LogP contribution in [0.1, 0.15) is 23.7 Å². The van der Waals surface area contributed by atoms with E-state index >= 15 is 0 Å². The van der Waals surface area contributed by atoms with Crippen LogP contribution in [0.4, 0.5) is 0 Å². The van der Waals surface area contributed by atoms with E-state index < -0.39 is 5.97 Å². The summed E-state index contributed by atoms with van der Waals surface area (Å²) in [6, 6.07) is 6.08. The van der Waals surface area contributed by atoms with Gasteiger partial charge in [-0.15, -0.1) is 0 Å². The van der Waals surface area contributed by atoms with Gasteiger partial charge >= 0.3 is 12.0 Å². The molecule has 24 heavy (non-hydrogen) atoms. The number of rotatable bonds is 8. The first kappa shape index (κ1) is 17.3. The molecule has 0 aliphatic heterocycles. The van der Waals surface area contributed by atoms with Crippen LogP contribution in [0.5, 0.6) is 29.3 Å². The summed E-state index contributed by atoms with van der Waals surface area (Å²) in [5.74, 6) is -0.436. The van der Waals surface area contributed by atoms with Crippen molar-refractivity contribution in [2.45, 2.75) is 13.3 Å². The Bertz CT molecular complexity index is 697. The van der Waals surface area contributed by atoms with Crippen LogP contribution in [0.25, 0.3) is 0 Å². The van der Waals surface area contributed by atoms with E-state index in [1.165, 1.54) is 26.4 Å². The van der Waals surface area contributed by atoms with E-state index in [0.29, 0.717) is 6.61 Å². The summed E-state index contributed by atoms with van der Waals surface area (Å²) >= 11 is 0. The number of methoxy groups -OCH3 is 2. The Morgan fingerprint density at radius 1 is 1.12 bits per heavy atom. The van der Waals surface area contributed by atoms with Gasteiger partial charge in [0.25, 0.3) is 0 Å². The molecule has 1 aromatic heterocycles. The fourth-order valence-electron chi connectivity index (χ4n) is 1.88. The lowest BCUT2D eigenvalue weighted by Gasteiger charge is -2.13. The molecule has 1 heterocycles. The number of carboxylic acid groups (broad SMARTS) is 1. The lowest BCUT2D eigenvalue weighted by atomic mass is 10.2. The summed E-state index contributed by atoms with van der Waals surface area (Å²) in [5, 5.41) is 9.48. The van der Waals surface area contributed by atoms with Gasteiger partial charge in [-0.1, -0.05) is 13.0 Å². The Labute approximate surface area is 139 Å². The first-order chi connectivity index (χ1) is 11.6. The third-order valence-corrected chi connectivity index (χ3v) is 2.94. The highest BCUT2D eigenvalue weighted by Gasteiger charge is 2.20. The lowest BCUT2D eigenvalue weighted by Crippen LogP contribution is -2.07. The number of benzene rings is 1. The molecule has 0 spiro atoms. The summed E-state index contributed by atoms with van der Waals surface area (Å²) < 4.78 is 21.1. The molecule has 8 nitrogen and oxygen atoms in total. The van der Waals surface area contributed by atoms with E-state index in [9.17, 15) is 9.90 Å². The number of aromatic nitrogens is 2. The second-order valence-electron chi connectivity index (χ2n) is 4.62. The van der Waals surface area contributed by atoms with Crippen molar-refractivity contribution >= 4 is 5.97 Å². The standard InChI is InChI=1S/C16H18N2O6/c1-4-8-23-10-6-5-7-11(14(10)15(19)20)24-16-17-12(21-2)9-13(18-16)22-3/h5-7,9H,4,8H2,1-3H3,(H,19,20). The monoisotopic (exact) mass is 334 g/mol. The van der Waals surface area contributed by atoms with Gasteiger partial charge in [0.05, 0.1) is 26.9 Å². The van der Waals surface area contributed by atoms with E-state index in [-0.39, 0.29) is 34.8 Å². The van der Waals surface area contributed by atoms with Crippen molar-refractivity contribution in [1.29, 1.82) is 0 Å². The molecule has 1 aromatic carbocycles. The normalized spacial score (nSPS) is 10.1. The third kappa shape index (κ3) is 4.03. The van der Waals surface area contributed by atoms with Gasteiger partial charge in [-0.25, -0.2) is 4.79 Å². The van der Waals surface area contributed by atoms with Gasteiger partial charge in [0, 0.05) is 0 Å². The number of carboxylic acids is 1. The van der Waals surface area contributed by atoms with Gasteiger partial charge in [-0.3, -0.25) is 0 Å². The second-order valence-corrected chi connectivity index (χ2v) is 4.62. The number of carbonyl (C=O) groups is 1. The molecule has 0 saturated heterocycles. The van der Waals surface area contributed by atoms with Gasteiger partial charge in [0.1, 0.15) is 17.1 Å². The van der Waals surface area contributed by atoms with E-state index in [4.69, 9.17) is 18.9 Å². The molecule has 2 aromatic rings. The van der Waals surface area contributed by atoms with Crippen molar-refractivity contribution in [3.05, 3.63) is 29.8 Å². The van der Waals surface area contributed by atoms with Crippen molar-refractivity contribution in [3.8, 4) is 29.3 Å². The topological polar surface area (TPSA) is 100 Å². The molecule has 0 bridgehead atoms. The zero-order valence-corrected chi connectivity index (χ0v) is 13.6. The van der Waals surface area contributed by atoms with E-state index in [2.05, 4.69) is 9.97 Å². The molecule has 2 rings (SSSR count). The summed E-state index contributed by atoms with van der Waals surface area (Å²) in [6.45, 7) is 2.32. The minimum Gasteiger partial charge on any atom is -0.493 e. The lowest BCUT2D eigenvalue weighted by molar-refractivity contribution is 0.0689. The quantitative estimate of drug-likeness (QED) is 0.786. The SMILES string of the molecule is CCCOc1cccc(Oc2nc(OC)cc(OC)n2)c1C(=O)O. The zero-order valence-electron chi connectivity index (χ0n) is 13.6. The first-order valence-corrected chi connectivity index (χ1v) is 7.23. The van der Waals surface area contributed by atoms with Crippen LogP contribution in [0, 0.1) is 0 Å². The summed E-state index contributed by atoms with van der Waals surface area (Å²) in [5.41, 5.74) is -0.101. The minimum absolute atomic E-state index is 0.0615. The first-order valence-electron chi connectivity index (χ1n) is 7.23. The van der Waals surface area contributed by atoms with Gasteiger partial charge in [0.15, 0.2) is 0 Å². The van der Waals surface area contributed by atoms with Crippen LogP contribution in [0.3, 0.4) is 0 Å². The Kier molecular flexibility index (Phi) is 5.78. The Morgan fingerprint density at radius 3 is 2.29 bits per heavy atom. The molecule has 0 saturated carbocycles. The molecule has 0 unspecified atom stereocenters. The predicted octanol–water partition coefficient (Wildman–Crippen LogP) is 2.77. The molecule has 0 aliphatic carbocycles. The Hall–Kier alpha value is -3.03. The maximum atomic E-state index is 11.6. The molecule has 0 radical (unpaired) electrons. The molecule has 0 aliphatic rings. The van der Waals surface area contributed by atoms with Crippen LogP contribution in [-0.4, -0.2) is 41.9 Å². The van der Waals surface area contributed by atoms with Crippen molar-refractivity contribution in [2.24, 2.45) is 0 Å². The Morgan fingerprint density at radius 2 is 1.75 bits per heavy atom. The molecule has 128 valence electrons. The van der Waals surface area contributed by atoms with Crippen molar-refractivity contribution in [2.75, 3.05) is 20.8 Å². The smallest absolute Gasteiger partial charge is 0.343 e. The molecule has 0 amide bonds. The number of nitrogens with zero attached hydrogens (tertiary/aromatic N) is 2. The zero-order chi connectivity index (χ0) is 17.5. The molecule has 0 fully saturated rings. The fraction of sp³-hybridized carbons (Fsp3) is 0.312. The number of aromatic carboxylic acids is 1. The largest absolute Gasteiger partial charge is 0.493 e. The van der Waals surface area contributed by atoms with Crippen LogP contribution in [-0.2, 0) is 0 Å². The summed E-state index contributed by atoms with van der Waals surface area (Å²) in [4.78, 5) is 19.6. The highest BCUT2D eigenvalue weighted by molar-refractivity contribution is 5.94. The van der Waals surface area contributed by atoms with E-state index in [1.807, 2.05) is 6.92 Å². The molecule has 1 N–H and O–H groups in total. The van der Waals surface area contributed by atoms with Crippen molar-refractivity contribution in [1.82, 2.24) is 9.97 Å². The Balaban J connectivity index is 2.40. The second kappa shape index (κ2) is 8.00. The number of hydrogen-bond donors (Lipinski definition) is 1. The van der Waals surface area contributed by atoms with Crippen LogP contribution < -0.4 is 18.9 Å². The highest BCUT2D eigenvalue weighted by atomic mass is 16.5. The average Bonchev–Trinajstić information content (AvgIpc) is 2.59. The average molecular weight is 334 g/mol. The molecular formula is C16H18N2O6. The number of hydrogen-bond acceptors (Lipinski definition) is 7. The summed E-state index contributed by atoms with van der Waals surface area (Å²) in [6.07, 6.45) is 0.750. The molecule has 8 heteroatoms. The maximum absolute atomic E-state index is 11.6. The van der Waals surface area contributed by atoms with E-state index in [1.54, 1.807) is 12.1 Å². The predicted molar refractivity (Wildman–Crippen MR) is 84.4 cm³/mol. The molecule has 0 atom stereocenters. The van der Waals surface area contributed by atoms with Gasteiger partial charge < -0.3 is 24.1 Å².